The molecule has 0 aliphatic rings. The van der Waals surface area contributed by atoms with Crippen LogP contribution in [0.25, 0.3) is 0 Å². The summed E-state index contributed by atoms with van der Waals surface area (Å²) in [5, 5.41) is 10.8. The number of ether oxygens (including phenoxy) is 1. The van der Waals surface area contributed by atoms with Crippen LogP contribution in [-0.2, 0) is 9.59 Å². The van der Waals surface area contributed by atoms with Gasteiger partial charge in [-0.25, -0.2) is 13.6 Å². The van der Waals surface area contributed by atoms with Crippen molar-refractivity contribution in [2.45, 2.75) is 13.0 Å². The number of amides is 1. The lowest BCUT2D eigenvalue weighted by molar-refractivity contribution is -0.141. The second kappa shape index (κ2) is 5.44. The van der Waals surface area contributed by atoms with Crippen LogP contribution in [0.5, 0.6) is 5.75 Å². The van der Waals surface area contributed by atoms with Gasteiger partial charge in [-0.3, -0.25) is 4.79 Å². The Kier molecular flexibility index (Phi) is 4.19. The summed E-state index contributed by atoms with van der Waals surface area (Å²) in [6.07, 6.45) is 0. The number of hydrogen-bond donors (Lipinski definition) is 2. The molecule has 1 rings (SSSR count). The van der Waals surface area contributed by atoms with Gasteiger partial charge in [-0.15, -0.1) is 0 Å². The summed E-state index contributed by atoms with van der Waals surface area (Å²) < 4.78 is 31.9. The van der Waals surface area contributed by atoms with Crippen LogP contribution in [0, 0.1) is 11.6 Å². The van der Waals surface area contributed by atoms with Crippen LogP contribution in [0.2, 0.25) is 0 Å². The van der Waals surface area contributed by atoms with Crippen molar-refractivity contribution in [2.24, 2.45) is 0 Å². The number of carbonyl (C=O) groups excluding carboxylic acids is 1. The van der Waals surface area contributed by atoms with Crippen LogP contribution >= 0.6 is 0 Å². The van der Waals surface area contributed by atoms with E-state index < -0.39 is 35.1 Å². The van der Waals surface area contributed by atoms with Gasteiger partial charge < -0.3 is 15.2 Å². The highest BCUT2D eigenvalue weighted by atomic mass is 19.1. The van der Waals surface area contributed by atoms with E-state index in [4.69, 9.17) is 5.11 Å². The Morgan fingerprint density at radius 1 is 1.33 bits per heavy atom. The molecule has 0 saturated heterocycles. The lowest BCUT2D eigenvalue weighted by Gasteiger charge is -2.15. The van der Waals surface area contributed by atoms with Gasteiger partial charge in [-0.05, 0) is 0 Å². The molecule has 1 unspecified atom stereocenters. The average Bonchev–Trinajstić information content (AvgIpc) is 2.25. The van der Waals surface area contributed by atoms with E-state index in [1.165, 1.54) is 7.11 Å². The van der Waals surface area contributed by atoms with Crippen molar-refractivity contribution in [3.8, 4) is 5.75 Å². The Hall–Kier alpha value is -2.18. The third-order valence-electron chi connectivity index (χ3n) is 2.17. The lowest BCUT2D eigenvalue weighted by atomic mass is 10.1. The number of rotatable bonds is 4. The van der Waals surface area contributed by atoms with E-state index in [9.17, 15) is 18.4 Å². The quantitative estimate of drug-likeness (QED) is 0.852. The maximum Gasteiger partial charge on any atom is 0.331 e. The monoisotopic (exact) mass is 259 g/mol. The van der Waals surface area contributed by atoms with E-state index in [1.54, 1.807) is 0 Å². The molecule has 0 fully saturated rings. The van der Waals surface area contributed by atoms with Crippen LogP contribution in [0.3, 0.4) is 0 Å². The second-order valence-corrected chi connectivity index (χ2v) is 3.48. The molecule has 18 heavy (non-hydrogen) atoms. The minimum Gasteiger partial charge on any atom is -0.497 e. The number of carboxylic acids is 1. The summed E-state index contributed by atoms with van der Waals surface area (Å²) in [5.74, 6) is -4.56. The summed E-state index contributed by atoms with van der Waals surface area (Å²) in [7, 11) is 1.22. The molecular formula is C11H11F2NO4. The molecule has 0 aliphatic carbocycles. The summed E-state index contributed by atoms with van der Waals surface area (Å²) in [5.41, 5.74) is -0.738. The molecule has 2 N–H and O–H groups in total. The first-order chi connectivity index (χ1) is 8.36. The first kappa shape index (κ1) is 13.9. The summed E-state index contributed by atoms with van der Waals surface area (Å²) in [6, 6.07) is -0.0970. The SMILES string of the molecule is COc1cc(F)c(C(NC(C)=O)C(=O)O)c(F)c1. The van der Waals surface area contributed by atoms with Gasteiger partial charge in [0.25, 0.3) is 0 Å². The largest absolute Gasteiger partial charge is 0.497 e. The molecule has 1 aromatic rings. The van der Waals surface area contributed by atoms with Gasteiger partial charge in [0.2, 0.25) is 5.91 Å². The zero-order valence-corrected chi connectivity index (χ0v) is 9.66. The van der Waals surface area contributed by atoms with Crippen LogP contribution in [0.1, 0.15) is 18.5 Å². The Morgan fingerprint density at radius 2 is 1.83 bits per heavy atom. The number of hydrogen-bond acceptors (Lipinski definition) is 3. The predicted octanol–water partition coefficient (Wildman–Crippen LogP) is 1.24. The van der Waals surface area contributed by atoms with Crippen molar-refractivity contribution >= 4 is 11.9 Å². The van der Waals surface area contributed by atoms with Gasteiger partial charge in [0.05, 0.1) is 12.7 Å². The van der Waals surface area contributed by atoms with Crippen LogP contribution in [0.15, 0.2) is 12.1 Å². The average molecular weight is 259 g/mol. The minimum absolute atomic E-state index is 0.0827. The van der Waals surface area contributed by atoms with Crippen molar-refractivity contribution in [3.63, 3.8) is 0 Å². The lowest BCUT2D eigenvalue weighted by Crippen LogP contribution is -2.33. The fourth-order valence-corrected chi connectivity index (χ4v) is 1.42. The molecular weight excluding hydrogens is 248 g/mol. The van der Waals surface area contributed by atoms with E-state index in [1.807, 2.05) is 5.32 Å². The first-order valence-electron chi connectivity index (χ1n) is 4.89. The molecule has 0 saturated carbocycles. The molecule has 0 radical (unpaired) electrons. The fraction of sp³-hybridized carbons (Fsp3) is 0.273. The van der Waals surface area contributed by atoms with Crippen molar-refractivity contribution in [1.82, 2.24) is 5.32 Å². The molecule has 0 spiro atoms. The molecule has 0 aromatic heterocycles. The number of benzene rings is 1. The second-order valence-electron chi connectivity index (χ2n) is 3.48. The van der Waals surface area contributed by atoms with E-state index in [-0.39, 0.29) is 5.75 Å². The van der Waals surface area contributed by atoms with Crippen molar-refractivity contribution in [1.29, 1.82) is 0 Å². The maximum atomic E-state index is 13.6. The molecule has 1 aromatic carbocycles. The Bertz CT molecular complexity index is 467. The Labute approximate surface area is 101 Å². The van der Waals surface area contributed by atoms with Gasteiger partial charge in [-0.2, -0.15) is 0 Å². The van der Waals surface area contributed by atoms with Gasteiger partial charge in [-0.1, -0.05) is 0 Å². The minimum atomic E-state index is -1.78. The third kappa shape index (κ3) is 2.93. The highest BCUT2D eigenvalue weighted by molar-refractivity contribution is 5.83. The standard InChI is InChI=1S/C11H11F2NO4/c1-5(15)14-10(11(16)17)9-7(12)3-6(18-2)4-8(9)13/h3-4,10H,1-2H3,(H,14,15)(H,16,17). The molecule has 0 heterocycles. The molecule has 98 valence electrons. The number of carbonyl (C=O) groups is 2. The molecule has 5 nitrogen and oxygen atoms in total. The molecule has 1 atom stereocenters. The van der Waals surface area contributed by atoms with E-state index in [2.05, 4.69) is 4.74 Å². The normalized spacial score (nSPS) is 11.8. The van der Waals surface area contributed by atoms with Gasteiger partial charge >= 0.3 is 5.97 Å². The predicted molar refractivity (Wildman–Crippen MR) is 57.1 cm³/mol. The van der Waals surface area contributed by atoms with Gasteiger partial charge in [0.1, 0.15) is 17.4 Å². The van der Waals surface area contributed by atoms with E-state index in [0.717, 1.165) is 19.1 Å². The number of aliphatic carboxylic acids is 1. The van der Waals surface area contributed by atoms with Crippen molar-refractivity contribution < 1.29 is 28.2 Å². The van der Waals surface area contributed by atoms with E-state index in [0.29, 0.717) is 0 Å². The fourth-order valence-electron chi connectivity index (χ4n) is 1.42. The Morgan fingerprint density at radius 3 is 2.17 bits per heavy atom. The van der Waals surface area contributed by atoms with Crippen molar-refractivity contribution in [2.75, 3.05) is 7.11 Å². The number of methoxy groups -OCH3 is 1. The summed E-state index contributed by atoms with van der Waals surface area (Å²) >= 11 is 0. The van der Waals surface area contributed by atoms with Gasteiger partial charge in [0.15, 0.2) is 6.04 Å². The highest BCUT2D eigenvalue weighted by Gasteiger charge is 2.28. The zero-order chi connectivity index (χ0) is 13.9. The summed E-state index contributed by atoms with van der Waals surface area (Å²) in [6.45, 7) is 1.05. The number of carboxylic acid groups (broad SMARTS) is 1. The van der Waals surface area contributed by atoms with Crippen LogP contribution in [-0.4, -0.2) is 24.1 Å². The van der Waals surface area contributed by atoms with Crippen molar-refractivity contribution in [3.05, 3.63) is 29.3 Å². The zero-order valence-electron chi connectivity index (χ0n) is 9.66. The Balaban J connectivity index is 3.28. The van der Waals surface area contributed by atoms with Gasteiger partial charge in [0, 0.05) is 19.1 Å². The molecule has 7 heteroatoms. The van der Waals surface area contributed by atoms with Crippen LogP contribution in [0.4, 0.5) is 8.78 Å². The topological polar surface area (TPSA) is 75.6 Å². The van der Waals surface area contributed by atoms with E-state index >= 15 is 0 Å². The molecule has 0 bridgehead atoms. The van der Waals surface area contributed by atoms with Crippen LogP contribution < -0.4 is 10.1 Å². The third-order valence-corrected chi connectivity index (χ3v) is 2.17. The number of nitrogens with one attached hydrogen (secondary N) is 1. The maximum absolute atomic E-state index is 13.6. The molecule has 0 aliphatic heterocycles. The first-order valence-corrected chi connectivity index (χ1v) is 4.89. The highest BCUT2D eigenvalue weighted by Crippen LogP contribution is 2.26. The molecule has 1 amide bonds. The summed E-state index contributed by atoms with van der Waals surface area (Å²) in [4.78, 5) is 21.7. The smallest absolute Gasteiger partial charge is 0.331 e. The number of halogens is 2.